The molecule has 0 unspecified atom stereocenters. The number of carbonyl (C=O) groups is 1. The lowest BCUT2D eigenvalue weighted by Gasteiger charge is -2.18. The van der Waals surface area contributed by atoms with Crippen LogP contribution in [0.15, 0.2) is 30.6 Å². The number of aromatic amines is 1. The Morgan fingerprint density at radius 2 is 2.14 bits per heavy atom. The van der Waals surface area contributed by atoms with Crippen LogP contribution >= 0.6 is 0 Å². The van der Waals surface area contributed by atoms with Crippen LogP contribution in [0.1, 0.15) is 47.4 Å². The number of fused-ring (bicyclic) bond motifs is 1. The van der Waals surface area contributed by atoms with E-state index in [1.165, 1.54) is 0 Å². The highest BCUT2D eigenvalue weighted by atomic mass is 19.1. The molecule has 0 aliphatic heterocycles. The van der Waals surface area contributed by atoms with Crippen LogP contribution in [0.5, 0.6) is 5.75 Å². The number of carbonyl (C=O) groups excluding carboxylic acids is 1. The van der Waals surface area contributed by atoms with E-state index in [1.807, 2.05) is 13.8 Å². The summed E-state index contributed by atoms with van der Waals surface area (Å²) in [6.45, 7) is 3.99. The van der Waals surface area contributed by atoms with Gasteiger partial charge in [0.2, 0.25) is 0 Å². The molecule has 0 aliphatic rings. The molecule has 2 aromatic heterocycles. The van der Waals surface area contributed by atoms with Crippen molar-refractivity contribution in [1.82, 2.24) is 20.1 Å². The fraction of sp³-hybridized carbons (Fsp3) is 0.318. The van der Waals surface area contributed by atoms with E-state index < -0.39 is 6.67 Å². The maximum atomic E-state index is 13.1. The molecule has 0 saturated carbocycles. The van der Waals surface area contributed by atoms with Crippen molar-refractivity contribution in [3.05, 3.63) is 53.0 Å². The monoisotopic (exact) mass is 394 g/mol. The van der Waals surface area contributed by atoms with E-state index in [2.05, 4.69) is 27.0 Å². The van der Waals surface area contributed by atoms with Crippen molar-refractivity contribution >= 4 is 16.8 Å². The minimum atomic E-state index is -0.668. The summed E-state index contributed by atoms with van der Waals surface area (Å²) >= 11 is 0. The quantitative estimate of drug-likeness (QED) is 0.645. The lowest BCUT2D eigenvalue weighted by molar-refractivity contribution is 0.0785. The lowest BCUT2D eigenvalue weighted by atomic mass is 10.1. The van der Waals surface area contributed by atoms with Crippen LogP contribution in [0.3, 0.4) is 0 Å². The van der Waals surface area contributed by atoms with Gasteiger partial charge in [0.1, 0.15) is 12.4 Å². The predicted molar refractivity (Wildman–Crippen MR) is 109 cm³/mol. The minimum absolute atomic E-state index is 0.164. The number of H-pyrrole nitrogens is 1. The van der Waals surface area contributed by atoms with Crippen LogP contribution < -0.4 is 4.74 Å². The molecule has 29 heavy (non-hydrogen) atoms. The number of alkyl halides is 1. The molecule has 0 fully saturated rings. The fourth-order valence-electron chi connectivity index (χ4n) is 3.03. The highest BCUT2D eigenvalue weighted by Crippen LogP contribution is 2.23. The number of nitrogens with zero attached hydrogens (tertiary/aromatic N) is 3. The first-order chi connectivity index (χ1) is 14.1. The van der Waals surface area contributed by atoms with Gasteiger partial charge in [-0.25, -0.2) is 4.39 Å². The third-order valence-electron chi connectivity index (χ3n) is 4.46. The van der Waals surface area contributed by atoms with Gasteiger partial charge >= 0.3 is 0 Å². The Kier molecular flexibility index (Phi) is 6.45. The molecule has 0 saturated heterocycles. The van der Waals surface area contributed by atoms with Crippen molar-refractivity contribution < 1.29 is 13.9 Å². The summed E-state index contributed by atoms with van der Waals surface area (Å²) in [6.07, 6.45) is 3.87. The van der Waals surface area contributed by atoms with Gasteiger partial charge in [0.05, 0.1) is 29.6 Å². The van der Waals surface area contributed by atoms with Gasteiger partial charge in [-0.15, -0.1) is 0 Å². The second kappa shape index (κ2) is 9.20. The van der Waals surface area contributed by atoms with Crippen LogP contribution in [-0.4, -0.2) is 39.6 Å². The van der Waals surface area contributed by atoms with E-state index >= 15 is 0 Å². The smallest absolute Gasteiger partial charge is 0.254 e. The molecule has 3 rings (SSSR count). The van der Waals surface area contributed by atoms with Gasteiger partial charge in [-0.05, 0) is 25.1 Å². The van der Waals surface area contributed by atoms with Crippen molar-refractivity contribution in [1.29, 1.82) is 0 Å². The van der Waals surface area contributed by atoms with Crippen molar-refractivity contribution in [2.45, 2.75) is 33.5 Å². The van der Waals surface area contributed by atoms with Crippen molar-refractivity contribution in [2.75, 3.05) is 13.7 Å². The highest BCUT2D eigenvalue weighted by Gasteiger charge is 2.17. The van der Waals surface area contributed by atoms with Gasteiger partial charge in [0.25, 0.3) is 5.91 Å². The van der Waals surface area contributed by atoms with E-state index in [0.29, 0.717) is 41.1 Å². The third kappa shape index (κ3) is 4.37. The molecular weight excluding hydrogens is 371 g/mol. The Labute approximate surface area is 169 Å². The number of hydrogen-bond donors (Lipinski definition) is 1. The standard InChI is InChI=1S/C22H23FN4O2/c1-4-6-7-15-8-9-16(10-20(15)29-5-2)22(28)27(3)14-17-12-24-19(11-23)18-13-25-26-21(17)18/h8-10,12-13H,4-5,11,14H2,1-3H3,(H,25,26). The van der Waals surface area contributed by atoms with Gasteiger partial charge < -0.3 is 9.64 Å². The number of amides is 1. The summed E-state index contributed by atoms with van der Waals surface area (Å²) in [5, 5.41) is 7.48. The maximum absolute atomic E-state index is 13.1. The minimum Gasteiger partial charge on any atom is -0.493 e. The van der Waals surface area contributed by atoms with Crippen LogP contribution in [0.25, 0.3) is 10.9 Å². The van der Waals surface area contributed by atoms with Crippen LogP contribution in [0, 0.1) is 11.8 Å². The molecule has 1 aromatic carbocycles. The van der Waals surface area contributed by atoms with Gasteiger partial charge in [-0.1, -0.05) is 18.8 Å². The van der Waals surface area contributed by atoms with E-state index in [0.717, 1.165) is 17.5 Å². The van der Waals surface area contributed by atoms with E-state index in [9.17, 15) is 9.18 Å². The lowest BCUT2D eigenvalue weighted by Crippen LogP contribution is -2.26. The van der Waals surface area contributed by atoms with Crippen molar-refractivity contribution in [3.63, 3.8) is 0 Å². The summed E-state index contributed by atoms with van der Waals surface area (Å²) < 4.78 is 18.8. The normalized spacial score (nSPS) is 10.5. The Hall–Kier alpha value is -3.40. The Balaban J connectivity index is 1.85. The Bertz CT molecular complexity index is 1080. The van der Waals surface area contributed by atoms with Crippen molar-refractivity contribution in [3.8, 4) is 17.6 Å². The molecule has 0 aliphatic carbocycles. The predicted octanol–water partition coefficient (Wildman–Crippen LogP) is 3.86. The van der Waals surface area contributed by atoms with Gasteiger partial charge in [0.15, 0.2) is 0 Å². The first-order valence-corrected chi connectivity index (χ1v) is 9.46. The first-order valence-electron chi connectivity index (χ1n) is 9.46. The molecular formula is C22H23FN4O2. The average Bonchev–Trinajstić information content (AvgIpc) is 3.23. The van der Waals surface area contributed by atoms with E-state index in [-0.39, 0.29) is 5.91 Å². The summed E-state index contributed by atoms with van der Waals surface area (Å²) in [5.74, 6) is 6.52. The molecule has 3 aromatic rings. The molecule has 150 valence electrons. The second-order valence-corrected chi connectivity index (χ2v) is 6.48. The van der Waals surface area contributed by atoms with Crippen LogP contribution in [0.4, 0.5) is 4.39 Å². The third-order valence-corrected chi connectivity index (χ3v) is 4.46. The highest BCUT2D eigenvalue weighted by molar-refractivity contribution is 5.95. The zero-order chi connectivity index (χ0) is 20.8. The summed E-state index contributed by atoms with van der Waals surface area (Å²) in [4.78, 5) is 18.7. The number of benzene rings is 1. The zero-order valence-electron chi connectivity index (χ0n) is 16.8. The fourth-order valence-corrected chi connectivity index (χ4v) is 3.03. The number of rotatable bonds is 6. The molecule has 7 heteroatoms. The SMILES string of the molecule is CCC#Cc1ccc(C(=O)N(C)Cc2cnc(CF)c3cn[nH]c23)cc1OCC. The molecule has 6 nitrogen and oxygen atoms in total. The Morgan fingerprint density at radius 1 is 1.31 bits per heavy atom. The number of hydrogen-bond acceptors (Lipinski definition) is 4. The summed E-state index contributed by atoms with van der Waals surface area (Å²) in [6, 6.07) is 5.27. The zero-order valence-corrected chi connectivity index (χ0v) is 16.8. The number of halogens is 1. The molecule has 2 heterocycles. The van der Waals surface area contributed by atoms with Gasteiger partial charge in [-0.3, -0.25) is 14.9 Å². The van der Waals surface area contributed by atoms with Crippen LogP contribution in [-0.2, 0) is 13.2 Å². The number of nitrogens with one attached hydrogen (secondary N) is 1. The van der Waals surface area contributed by atoms with Gasteiger partial charge in [0, 0.05) is 42.7 Å². The molecule has 0 bridgehead atoms. The number of pyridine rings is 1. The summed E-state index contributed by atoms with van der Waals surface area (Å²) in [7, 11) is 1.71. The average molecular weight is 394 g/mol. The van der Waals surface area contributed by atoms with Crippen molar-refractivity contribution in [2.24, 2.45) is 0 Å². The molecule has 1 amide bonds. The largest absolute Gasteiger partial charge is 0.493 e. The molecule has 0 radical (unpaired) electrons. The van der Waals surface area contributed by atoms with E-state index in [4.69, 9.17) is 4.74 Å². The first kappa shape index (κ1) is 20.3. The number of ether oxygens (including phenoxy) is 1. The number of aromatic nitrogens is 3. The van der Waals surface area contributed by atoms with E-state index in [1.54, 1.807) is 42.5 Å². The summed E-state index contributed by atoms with van der Waals surface area (Å²) in [5.41, 5.74) is 3.05. The second-order valence-electron chi connectivity index (χ2n) is 6.48. The topological polar surface area (TPSA) is 71.1 Å². The molecule has 0 atom stereocenters. The Morgan fingerprint density at radius 3 is 2.86 bits per heavy atom. The molecule has 0 spiro atoms. The molecule has 1 N–H and O–H groups in total. The van der Waals surface area contributed by atoms with Crippen LogP contribution in [0.2, 0.25) is 0 Å². The maximum Gasteiger partial charge on any atom is 0.254 e. The van der Waals surface area contributed by atoms with Gasteiger partial charge in [-0.2, -0.15) is 5.10 Å².